The maximum atomic E-state index is 13.7. The number of hydrogen-bond donors (Lipinski definition) is 6. The molecule has 7 amide bonds. The minimum atomic E-state index is -1.58. The number of piperazine rings is 1. The molecule has 0 radical (unpaired) electrons. The molecule has 0 spiro atoms. The second-order valence-corrected chi connectivity index (χ2v) is 12.1. The fourth-order valence-electron chi connectivity index (χ4n) is 5.04. The number of carboxylic acid groups (broad SMARTS) is 2. The minimum absolute atomic E-state index is 0. The van der Waals surface area contributed by atoms with Crippen molar-refractivity contribution in [2.75, 3.05) is 43.9 Å². The molecule has 3 heterocycles. The monoisotopic (exact) mass is 743 g/mol. The first-order valence-electron chi connectivity index (χ1n) is 14.9. The molecule has 0 unspecified atom stereocenters. The molecule has 4 atom stereocenters. The van der Waals surface area contributed by atoms with E-state index in [0.29, 0.717) is 4.90 Å². The van der Waals surface area contributed by atoms with Gasteiger partial charge >= 0.3 is 71.4 Å². The first-order valence-corrected chi connectivity index (χ1v) is 16.0. The average molecular weight is 744 g/mol. The molecule has 2 saturated heterocycles. The van der Waals surface area contributed by atoms with Gasteiger partial charge in [0, 0.05) is 43.6 Å². The zero-order valence-electron chi connectivity index (χ0n) is 26.6. The van der Waals surface area contributed by atoms with Gasteiger partial charge in [0.15, 0.2) is 0 Å². The van der Waals surface area contributed by atoms with E-state index in [4.69, 9.17) is 20.3 Å². The third-order valence-corrected chi connectivity index (χ3v) is 9.00. The van der Waals surface area contributed by atoms with Crippen molar-refractivity contribution in [3.63, 3.8) is 0 Å². The van der Waals surface area contributed by atoms with Gasteiger partial charge in [-0.2, -0.15) is 0 Å². The van der Waals surface area contributed by atoms with E-state index < -0.39 is 83.8 Å². The summed E-state index contributed by atoms with van der Waals surface area (Å²) in [5.41, 5.74) is 5.35. The van der Waals surface area contributed by atoms with E-state index in [-0.39, 0.29) is 84.1 Å². The number of hydrogen-bond acceptors (Lipinski definition) is 13. The number of carbonyl (C=O) groups is 9. The van der Waals surface area contributed by atoms with Gasteiger partial charge in [0.1, 0.15) is 42.4 Å². The number of imide groups is 1. The fraction of sp³-hybridized carbons (Fsp3) is 0.414. The van der Waals surface area contributed by atoms with E-state index >= 15 is 0 Å². The molecule has 2 fully saturated rings. The van der Waals surface area contributed by atoms with Crippen LogP contribution < -0.4 is 21.7 Å². The van der Waals surface area contributed by atoms with Crippen LogP contribution >= 0.6 is 11.8 Å². The molecule has 22 heteroatoms. The normalized spacial score (nSPS) is 19.4. The molecule has 0 aliphatic carbocycles. The number of benzene rings is 1. The Bertz CT molecular complexity index is 1660. The van der Waals surface area contributed by atoms with Crippen LogP contribution in [0.4, 0.5) is 15.3 Å². The maximum absolute atomic E-state index is 13.7. The molecule has 0 aromatic heterocycles. The van der Waals surface area contributed by atoms with Gasteiger partial charge in [-0.15, -0.1) is 11.8 Å². The van der Waals surface area contributed by atoms with Crippen molar-refractivity contribution < 1.29 is 62.8 Å². The van der Waals surface area contributed by atoms with E-state index in [1.807, 2.05) is 0 Å². The number of thioether (sulfide) groups is 1. The van der Waals surface area contributed by atoms with Gasteiger partial charge in [0.25, 0.3) is 5.91 Å². The van der Waals surface area contributed by atoms with Crippen LogP contribution in [0.5, 0.6) is 0 Å². The standard InChI is InChI=1S/C29H33N7O13S.Na.H/c1-3-34-8-9-35(24(41)23(34)40)28(46)33-18(14-4-6-16(7-5-14)31-29(47)49-11-17(30)26(42)43)21(38)32-19-22(39)36-20(27(44)45)15(10-48-13(2)37)12-50-25(19)36;;/h4-7,17-19,25H,3,8-12,30H2,1-2H3,(H,31,47)(H,32,38)(H,33,46)(H,42,43)(H,44,45);;/t17-,18-,19-,25-;;/m1../s1. The zero-order chi connectivity index (χ0) is 36.9. The van der Waals surface area contributed by atoms with E-state index in [2.05, 4.69) is 16.0 Å². The number of nitrogens with one attached hydrogen (secondary N) is 3. The van der Waals surface area contributed by atoms with Gasteiger partial charge in [-0.1, -0.05) is 12.1 Å². The van der Waals surface area contributed by atoms with Crippen molar-refractivity contribution in [2.45, 2.75) is 37.3 Å². The molecule has 0 saturated carbocycles. The van der Waals surface area contributed by atoms with E-state index in [1.54, 1.807) is 6.92 Å². The number of carboxylic acids is 2. The molecule has 7 N–H and O–H groups in total. The third-order valence-electron chi connectivity index (χ3n) is 7.66. The number of β-lactam (4-membered cyclic amide) rings is 1. The van der Waals surface area contributed by atoms with Crippen LogP contribution in [0.2, 0.25) is 0 Å². The van der Waals surface area contributed by atoms with E-state index in [9.17, 15) is 48.3 Å². The first-order chi connectivity index (χ1) is 23.6. The predicted octanol–water partition coefficient (Wildman–Crippen LogP) is -2.26. The van der Waals surface area contributed by atoms with Crippen LogP contribution in [0, 0.1) is 0 Å². The number of fused-ring (bicyclic) bond motifs is 1. The summed E-state index contributed by atoms with van der Waals surface area (Å²) in [5, 5.41) is 25.1. The van der Waals surface area contributed by atoms with Crippen LogP contribution in [-0.4, -0.2) is 164 Å². The van der Waals surface area contributed by atoms with Crippen LogP contribution in [0.15, 0.2) is 35.5 Å². The Morgan fingerprint density at radius 1 is 1.02 bits per heavy atom. The second-order valence-electron chi connectivity index (χ2n) is 10.9. The predicted molar refractivity (Wildman–Crippen MR) is 176 cm³/mol. The molecule has 51 heavy (non-hydrogen) atoms. The Morgan fingerprint density at radius 2 is 1.69 bits per heavy atom. The van der Waals surface area contributed by atoms with Gasteiger partial charge in [-0.3, -0.25) is 43.9 Å². The Hall–Kier alpha value is -4.70. The molecular formula is C29H34N7NaO13S. The number of anilines is 1. The molecule has 270 valence electrons. The molecule has 20 nitrogen and oxygen atoms in total. The summed E-state index contributed by atoms with van der Waals surface area (Å²) in [6.07, 6.45) is -1.03. The van der Waals surface area contributed by atoms with Crippen LogP contribution in [0.25, 0.3) is 0 Å². The summed E-state index contributed by atoms with van der Waals surface area (Å²) >= 11 is 1.11. The number of carbonyl (C=O) groups excluding carboxylic acids is 7. The summed E-state index contributed by atoms with van der Waals surface area (Å²) in [7, 11) is 0. The van der Waals surface area contributed by atoms with Gasteiger partial charge in [-0.05, 0) is 24.6 Å². The number of ether oxygens (including phenoxy) is 2. The molecule has 0 bridgehead atoms. The molecule has 3 aliphatic rings. The summed E-state index contributed by atoms with van der Waals surface area (Å²) in [4.78, 5) is 114. The van der Waals surface area contributed by atoms with Crippen molar-refractivity contribution >= 4 is 101 Å². The van der Waals surface area contributed by atoms with Crippen molar-refractivity contribution in [3.05, 3.63) is 41.1 Å². The summed E-state index contributed by atoms with van der Waals surface area (Å²) in [6.45, 7) is 1.97. The Morgan fingerprint density at radius 3 is 2.27 bits per heavy atom. The number of amides is 7. The second kappa shape index (κ2) is 17.5. The third kappa shape index (κ3) is 9.35. The molecule has 3 aliphatic heterocycles. The van der Waals surface area contributed by atoms with Crippen molar-refractivity contribution in [3.8, 4) is 0 Å². The molecular weight excluding hydrogens is 709 g/mol. The SMILES string of the molecule is CCN1CCN(C(=O)N[C@@H](C(=O)N[C@@H]2C(=O)N3C(C(=O)O)=C(COC(C)=O)CS[C@H]23)c2ccc(NC(=O)OC[C@@H](N)C(=O)O)cc2)C(=O)C1=O.[NaH]. The van der Waals surface area contributed by atoms with Gasteiger partial charge < -0.3 is 41.0 Å². The molecule has 1 aromatic carbocycles. The van der Waals surface area contributed by atoms with Crippen molar-refractivity contribution in [1.82, 2.24) is 25.3 Å². The van der Waals surface area contributed by atoms with Gasteiger partial charge in [0.05, 0.1) is 0 Å². The van der Waals surface area contributed by atoms with Crippen LogP contribution in [0.3, 0.4) is 0 Å². The van der Waals surface area contributed by atoms with Gasteiger partial charge in [0.2, 0.25) is 5.91 Å². The quantitative estimate of drug-likeness (QED) is 0.0570. The van der Waals surface area contributed by atoms with Crippen molar-refractivity contribution in [1.29, 1.82) is 0 Å². The number of rotatable bonds is 12. The summed E-state index contributed by atoms with van der Waals surface area (Å²) < 4.78 is 9.68. The number of esters is 1. The Labute approximate surface area is 315 Å². The summed E-state index contributed by atoms with van der Waals surface area (Å²) in [6, 6.07) is -0.0692. The number of likely N-dealkylation sites (N-methyl/N-ethyl adjacent to an activating group) is 1. The summed E-state index contributed by atoms with van der Waals surface area (Å²) in [5.74, 6) is -7.14. The Balaban J connectivity index is 0.00000702. The van der Waals surface area contributed by atoms with Gasteiger partial charge in [-0.25, -0.2) is 14.4 Å². The Kier molecular flexibility index (Phi) is 14.0. The molecule has 1 aromatic rings. The van der Waals surface area contributed by atoms with Crippen molar-refractivity contribution in [2.24, 2.45) is 5.73 Å². The number of nitrogens with zero attached hydrogens (tertiary/aromatic N) is 3. The topological polar surface area (TPSA) is 284 Å². The van der Waals surface area contributed by atoms with Crippen LogP contribution in [-0.2, 0) is 43.0 Å². The fourth-order valence-corrected chi connectivity index (χ4v) is 6.37. The first kappa shape index (κ1) is 40.7. The number of aliphatic carboxylic acids is 2. The number of nitrogens with two attached hydrogens (primary N) is 1. The van der Waals surface area contributed by atoms with Crippen LogP contribution in [0.1, 0.15) is 25.5 Å². The zero-order valence-corrected chi connectivity index (χ0v) is 27.4. The average Bonchev–Trinajstić information content (AvgIpc) is 3.08. The number of urea groups is 1. The molecule has 4 rings (SSSR count). The van der Waals surface area contributed by atoms with E-state index in [1.165, 1.54) is 29.2 Å². The van der Waals surface area contributed by atoms with E-state index in [0.717, 1.165) is 23.6 Å².